The second kappa shape index (κ2) is 19.7. The van der Waals surface area contributed by atoms with Crippen LogP contribution in [0, 0.1) is 0 Å². The quantitative estimate of drug-likeness (QED) is 0.0952. The number of hydrogen-bond donors (Lipinski definition) is 1. The van der Waals surface area contributed by atoms with Gasteiger partial charge in [0.2, 0.25) is 0 Å². The van der Waals surface area contributed by atoms with E-state index in [0.717, 1.165) is 5.56 Å². The highest BCUT2D eigenvalue weighted by atomic mass is 32.1. The van der Waals surface area contributed by atoms with Gasteiger partial charge in [0.15, 0.2) is 36.3 Å². The van der Waals surface area contributed by atoms with Crippen molar-refractivity contribution in [1.29, 1.82) is 0 Å². The van der Waals surface area contributed by atoms with Crippen LogP contribution in [-0.2, 0) is 58.8 Å². The summed E-state index contributed by atoms with van der Waals surface area (Å²) in [7, 11) is 0. The highest BCUT2D eigenvalue weighted by molar-refractivity contribution is 7.80. The Morgan fingerprint density at radius 1 is 0.638 bits per heavy atom. The molecule has 0 aliphatic carbocycles. The Kier molecular flexibility index (Phi) is 14.3. The van der Waals surface area contributed by atoms with E-state index in [1.165, 1.54) is 50.2 Å². The molecule has 8 atom stereocenters. The molecule has 0 aromatic heterocycles. The summed E-state index contributed by atoms with van der Waals surface area (Å²) < 4.78 is 53.7. The van der Waals surface area contributed by atoms with Gasteiger partial charge < -0.3 is 42.6 Å². The number of thiol groups is 1. The SMILES string of the molecule is CC(=O)O[C@H]1[C@H](OC[C@H]2O[C@@H](S)[C@H](OC(=O)c3ccccc3)[C@@H](OC(=O)c3ccccc3)[C@@H]2OC(=O)c2ccccc2)OC[C@@]1(COCc1ccccc1)OC(C)=O. The fourth-order valence-electron chi connectivity index (χ4n) is 6.48. The van der Waals surface area contributed by atoms with Crippen LogP contribution in [0.2, 0.25) is 0 Å². The van der Waals surface area contributed by atoms with E-state index in [0.29, 0.717) is 0 Å². The molecule has 0 saturated carbocycles. The van der Waals surface area contributed by atoms with Crippen LogP contribution in [0.25, 0.3) is 0 Å². The van der Waals surface area contributed by atoms with Crippen molar-refractivity contribution in [2.24, 2.45) is 0 Å². The molecule has 0 bridgehead atoms. The molecule has 0 spiro atoms. The second-order valence-corrected chi connectivity index (χ2v) is 14.0. The van der Waals surface area contributed by atoms with Crippen molar-refractivity contribution in [3.05, 3.63) is 144 Å². The minimum absolute atomic E-state index is 0.148. The first kappa shape index (κ1) is 42.0. The molecule has 2 aliphatic rings. The first-order valence-electron chi connectivity index (χ1n) is 18.4. The first-order chi connectivity index (χ1) is 28.0. The van der Waals surface area contributed by atoms with Crippen molar-refractivity contribution in [3.8, 4) is 0 Å². The number of hydrogen-bond acceptors (Lipinski definition) is 15. The first-order valence-corrected chi connectivity index (χ1v) is 18.9. The van der Waals surface area contributed by atoms with Gasteiger partial charge in [-0.3, -0.25) is 9.59 Å². The summed E-state index contributed by atoms with van der Waals surface area (Å²) in [5.41, 5.74) is -1.52. The Morgan fingerprint density at radius 3 is 1.62 bits per heavy atom. The minimum atomic E-state index is -1.62. The monoisotopic (exact) mass is 814 g/mol. The molecule has 2 fully saturated rings. The summed E-state index contributed by atoms with van der Waals surface area (Å²) in [6, 6.07) is 33.5. The van der Waals surface area contributed by atoms with Gasteiger partial charge in [0, 0.05) is 13.8 Å². The maximum absolute atomic E-state index is 13.7. The van der Waals surface area contributed by atoms with Crippen LogP contribution in [-0.4, -0.2) is 97.5 Å². The molecule has 4 aromatic carbocycles. The van der Waals surface area contributed by atoms with Gasteiger partial charge in [0.05, 0.1) is 43.1 Å². The number of rotatable bonds is 15. The van der Waals surface area contributed by atoms with E-state index < -0.39 is 84.3 Å². The molecule has 0 unspecified atom stereocenters. The van der Waals surface area contributed by atoms with Crippen LogP contribution < -0.4 is 0 Å². The molecule has 2 heterocycles. The summed E-state index contributed by atoms with van der Waals surface area (Å²) in [6.07, 6.45) is -8.37. The van der Waals surface area contributed by atoms with Crippen LogP contribution >= 0.6 is 12.6 Å². The van der Waals surface area contributed by atoms with Gasteiger partial charge in [-0.1, -0.05) is 84.9 Å². The van der Waals surface area contributed by atoms with Crippen molar-refractivity contribution < 1.29 is 66.6 Å². The number of benzene rings is 4. The van der Waals surface area contributed by atoms with Gasteiger partial charge in [-0.05, 0) is 42.0 Å². The van der Waals surface area contributed by atoms with E-state index in [-0.39, 0.29) is 36.5 Å². The van der Waals surface area contributed by atoms with Crippen LogP contribution in [0.4, 0.5) is 0 Å². The Bertz CT molecular complexity index is 2000. The Balaban J connectivity index is 1.30. The van der Waals surface area contributed by atoms with Crippen molar-refractivity contribution in [2.75, 3.05) is 19.8 Å². The van der Waals surface area contributed by atoms with Gasteiger partial charge in [-0.15, -0.1) is 12.6 Å². The summed E-state index contributed by atoms with van der Waals surface area (Å²) in [6.45, 7) is 1.55. The number of carbonyl (C=O) groups excluding carboxylic acids is 5. The predicted molar refractivity (Wildman–Crippen MR) is 206 cm³/mol. The topological polar surface area (TPSA) is 168 Å². The maximum atomic E-state index is 13.7. The molecular weight excluding hydrogens is 773 g/mol. The normalized spacial score (nSPS) is 25.2. The van der Waals surface area contributed by atoms with Crippen LogP contribution in [0.3, 0.4) is 0 Å². The molecule has 15 heteroatoms. The van der Waals surface area contributed by atoms with Gasteiger partial charge in [0.25, 0.3) is 0 Å². The molecule has 0 amide bonds. The molecule has 2 aliphatic heterocycles. The summed E-state index contributed by atoms with van der Waals surface area (Å²) in [5, 5.41) is 0. The molecule has 0 N–H and O–H groups in total. The molecule has 0 radical (unpaired) electrons. The number of ether oxygens (including phenoxy) is 9. The molecular formula is C43H42O14S. The molecule has 58 heavy (non-hydrogen) atoms. The maximum Gasteiger partial charge on any atom is 0.338 e. The zero-order valence-corrected chi connectivity index (χ0v) is 32.5. The third kappa shape index (κ3) is 10.7. The fourth-order valence-corrected chi connectivity index (χ4v) is 6.87. The average molecular weight is 815 g/mol. The lowest BCUT2D eigenvalue weighted by Crippen LogP contribution is -2.61. The van der Waals surface area contributed by atoms with Crippen LogP contribution in [0.1, 0.15) is 50.5 Å². The molecule has 14 nitrogen and oxygen atoms in total. The predicted octanol–water partition coefficient (Wildman–Crippen LogP) is 5.14. The zero-order chi connectivity index (χ0) is 41.1. The third-order valence-corrected chi connectivity index (χ3v) is 9.56. The Labute approximate surface area is 340 Å². The van der Waals surface area contributed by atoms with E-state index in [9.17, 15) is 24.0 Å². The summed E-state index contributed by atoms with van der Waals surface area (Å²) in [5.74, 6) is -3.82. The largest absolute Gasteiger partial charge is 0.453 e. The molecule has 2 saturated heterocycles. The van der Waals surface area contributed by atoms with Crippen molar-refractivity contribution in [3.63, 3.8) is 0 Å². The van der Waals surface area contributed by atoms with E-state index in [2.05, 4.69) is 12.6 Å². The fraction of sp³-hybridized carbons (Fsp3) is 0.326. The number of esters is 5. The van der Waals surface area contributed by atoms with Gasteiger partial charge in [-0.2, -0.15) is 0 Å². The Hall–Kier alpha value is -5.58. The lowest BCUT2D eigenvalue weighted by Gasteiger charge is -2.43. The zero-order valence-electron chi connectivity index (χ0n) is 31.6. The van der Waals surface area contributed by atoms with Gasteiger partial charge in [0.1, 0.15) is 11.5 Å². The smallest absolute Gasteiger partial charge is 0.338 e. The van der Waals surface area contributed by atoms with Crippen molar-refractivity contribution in [2.45, 2.75) is 68.3 Å². The van der Waals surface area contributed by atoms with Crippen LogP contribution in [0.15, 0.2) is 121 Å². The average Bonchev–Trinajstić information content (AvgIpc) is 3.55. The minimum Gasteiger partial charge on any atom is -0.453 e. The highest BCUT2D eigenvalue weighted by Crippen LogP contribution is 2.36. The second-order valence-electron chi connectivity index (χ2n) is 13.5. The van der Waals surface area contributed by atoms with E-state index in [4.69, 9.17) is 42.6 Å². The van der Waals surface area contributed by atoms with Gasteiger partial charge >= 0.3 is 29.8 Å². The van der Waals surface area contributed by atoms with E-state index in [1.807, 2.05) is 30.3 Å². The molecule has 4 aromatic rings. The van der Waals surface area contributed by atoms with Crippen molar-refractivity contribution in [1.82, 2.24) is 0 Å². The van der Waals surface area contributed by atoms with E-state index in [1.54, 1.807) is 54.6 Å². The summed E-state index contributed by atoms with van der Waals surface area (Å²) >= 11 is 4.61. The molecule has 304 valence electrons. The standard InChI is InChI=1S/C43H42O14S/c1-27(44)52-37-41(51-26-43(37,57-28(2)45)25-49-23-29-15-7-3-8-16-29)50-24-33-34(54-38(46)30-17-9-4-10-18-30)35(55-39(47)31-19-11-5-12-20-31)36(42(58)53-33)56-40(48)32-21-13-6-14-22-32/h3-22,33-37,41-42,58H,23-26H2,1-2H3/t33-,34-,35+,36-,37+,41-,42+,43-/m1/s1. The number of carbonyl (C=O) groups is 5. The Morgan fingerprint density at radius 2 is 1.12 bits per heavy atom. The molecule has 6 rings (SSSR count). The van der Waals surface area contributed by atoms with Gasteiger partial charge in [-0.25, -0.2) is 14.4 Å². The lowest BCUT2D eigenvalue weighted by atomic mass is 9.98. The van der Waals surface area contributed by atoms with Crippen LogP contribution in [0.5, 0.6) is 0 Å². The van der Waals surface area contributed by atoms with E-state index >= 15 is 0 Å². The third-order valence-electron chi connectivity index (χ3n) is 9.15. The lowest BCUT2D eigenvalue weighted by molar-refractivity contribution is -0.237. The summed E-state index contributed by atoms with van der Waals surface area (Å²) in [4.78, 5) is 65.7. The van der Waals surface area contributed by atoms with Crippen molar-refractivity contribution >= 4 is 42.5 Å². The highest BCUT2D eigenvalue weighted by Gasteiger charge is 2.58.